The van der Waals surface area contributed by atoms with Crippen LogP contribution in [-0.4, -0.2) is 86.3 Å². The lowest BCUT2D eigenvalue weighted by molar-refractivity contribution is -0.151. The number of halogens is 1. The Morgan fingerprint density at radius 2 is 1.85 bits per heavy atom. The molecule has 1 aromatic carbocycles. The van der Waals surface area contributed by atoms with Crippen molar-refractivity contribution in [1.82, 2.24) is 29.6 Å². The van der Waals surface area contributed by atoms with Crippen LogP contribution in [0.1, 0.15) is 11.7 Å². The van der Waals surface area contributed by atoms with Gasteiger partial charge in [-0.2, -0.15) is 14.3 Å². The Morgan fingerprint density at radius 3 is 2.52 bits per heavy atom. The molecule has 2 amide bonds. The molecule has 2 aliphatic heterocycles. The summed E-state index contributed by atoms with van der Waals surface area (Å²) in [6.07, 6.45) is -1.50. The number of carbonyl (C=O) groups excluding carboxylic acids is 2. The van der Waals surface area contributed by atoms with Crippen LogP contribution in [0.3, 0.4) is 0 Å². The van der Waals surface area contributed by atoms with Gasteiger partial charge in [-0.15, -0.1) is 28.6 Å². The molecule has 0 aliphatic carbocycles. The van der Waals surface area contributed by atoms with Crippen LogP contribution in [0.25, 0.3) is 5.65 Å². The van der Waals surface area contributed by atoms with E-state index >= 15 is 0 Å². The Hall–Kier alpha value is -3.67. The number of aliphatic carboxylic acids is 2. The van der Waals surface area contributed by atoms with Gasteiger partial charge in [-0.25, -0.2) is 9.59 Å². The second-order valence-electron chi connectivity index (χ2n) is 8.67. The molecular weight excluding hydrogens is 632 g/mol. The Balaban J connectivity index is 1.29. The summed E-state index contributed by atoms with van der Waals surface area (Å²) in [6.45, 7) is -0.619. The predicted octanol–water partition coefficient (Wildman–Crippen LogP) is 0.302. The number of benzene rings is 1. The Bertz CT molecular complexity index is 1640. The molecule has 2 aliphatic rings. The molecule has 14 nitrogen and oxygen atoms in total. The van der Waals surface area contributed by atoms with Crippen molar-refractivity contribution in [3.05, 3.63) is 68.2 Å². The summed E-state index contributed by atoms with van der Waals surface area (Å²) < 4.78 is 2.49. The fraction of sp³-hybridized carbons (Fsp3) is 0.261. The minimum atomic E-state index is -1.50. The van der Waals surface area contributed by atoms with Crippen molar-refractivity contribution < 1.29 is 34.5 Å². The molecule has 0 radical (unpaired) electrons. The number of nitrogens with zero attached hydrogens (tertiary/aromatic N) is 5. The van der Waals surface area contributed by atoms with Gasteiger partial charge in [-0.05, 0) is 35.4 Å². The summed E-state index contributed by atoms with van der Waals surface area (Å²) in [7, 11) is 0. The Labute approximate surface area is 241 Å². The lowest BCUT2D eigenvalue weighted by Crippen LogP contribution is -2.70. The lowest BCUT2D eigenvalue weighted by atomic mass is 10.0. The predicted molar refractivity (Wildman–Crippen MR) is 144 cm³/mol. The van der Waals surface area contributed by atoms with Crippen molar-refractivity contribution in [3.8, 4) is 0 Å². The van der Waals surface area contributed by atoms with Gasteiger partial charge in [0.2, 0.25) is 0 Å². The van der Waals surface area contributed by atoms with Gasteiger partial charge >= 0.3 is 17.6 Å². The summed E-state index contributed by atoms with van der Waals surface area (Å²) in [5.41, 5.74) is 0.0252. The van der Waals surface area contributed by atoms with E-state index in [0.717, 1.165) is 30.3 Å². The van der Waals surface area contributed by atoms with E-state index in [-0.39, 0.29) is 22.8 Å². The van der Waals surface area contributed by atoms with E-state index in [1.165, 1.54) is 17.8 Å². The standard InChI is InChI=1S/C23H19BrN6O8S2/c24-12-3-1-10(2-4-12)18(33)19(34)25-16-20(35)29-17(22(36)37)11(9-40-21(16)29)8-39-14-6-5-13-26-28(7-15(31)32)23(38)30(13)27-14/h1-6,16,18,21,33H,7-9H2,(H,25,34)(H,31,32)(H,36,37)/t16?,18?,21-/m0/s1. The molecule has 40 heavy (non-hydrogen) atoms. The topological polar surface area (TPSA) is 196 Å². The van der Waals surface area contributed by atoms with Crippen LogP contribution >= 0.6 is 39.5 Å². The average molecular weight is 651 g/mol. The van der Waals surface area contributed by atoms with Gasteiger partial charge in [0, 0.05) is 16.0 Å². The minimum absolute atomic E-state index is 0.140. The highest BCUT2D eigenvalue weighted by Gasteiger charge is 2.54. The SMILES string of the molecule is O=C(O)Cn1nc2ccc(SCC3=C(C(=O)O)N4C(=O)C(NC(=O)C(O)c5ccc(Br)cc5)[C@@H]4SC3)nn2c1=O. The molecule has 3 aromatic rings. The van der Waals surface area contributed by atoms with E-state index in [9.17, 15) is 34.2 Å². The number of fused-ring (bicyclic) bond motifs is 2. The normalized spacial score (nSPS) is 19.2. The molecule has 0 spiro atoms. The highest BCUT2D eigenvalue weighted by molar-refractivity contribution is 9.10. The number of rotatable bonds is 9. The van der Waals surface area contributed by atoms with Gasteiger partial charge in [0.1, 0.15) is 28.7 Å². The number of aliphatic hydroxyl groups is 1. The second kappa shape index (κ2) is 11.1. The minimum Gasteiger partial charge on any atom is -0.480 e. The highest BCUT2D eigenvalue weighted by Crippen LogP contribution is 2.41. The Kier molecular flexibility index (Phi) is 7.72. The fourth-order valence-corrected chi connectivity index (χ4v) is 6.79. The average Bonchev–Trinajstić information content (AvgIpc) is 3.23. The van der Waals surface area contributed by atoms with Gasteiger partial charge in [0.25, 0.3) is 11.8 Å². The number of amides is 2. The fourth-order valence-electron chi connectivity index (χ4n) is 4.18. The van der Waals surface area contributed by atoms with E-state index in [1.807, 2.05) is 0 Å². The van der Waals surface area contributed by atoms with Crippen molar-refractivity contribution >= 4 is 68.9 Å². The molecule has 0 bridgehead atoms. The molecule has 1 fully saturated rings. The summed E-state index contributed by atoms with van der Waals surface area (Å²) >= 11 is 5.69. The number of hydrogen-bond donors (Lipinski definition) is 4. The number of nitrogens with one attached hydrogen (secondary N) is 1. The van der Waals surface area contributed by atoms with Gasteiger partial charge in [0.15, 0.2) is 11.8 Å². The lowest BCUT2D eigenvalue weighted by Gasteiger charge is -2.49. The summed E-state index contributed by atoms with van der Waals surface area (Å²) in [4.78, 5) is 62.1. The highest BCUT2D eigenvalue weighted by atomic mass is 79.9. The van der Waals surface area contributed by atoms with Crippen molar-refractivity contribution in [3.63, 3.8) is 0 Å². The summed E-state index contributed by atoms with van der Waals surface area (Å²) in [5.74, 6) is -3.52. The molecule has 5 rings (SSSR count). The van der Waals surface area contributed by atoms with Gasteiger partial charge in [-0.1, -0.05) is 28.1 Å². The molecule has 1 saturated heterocycles. The van der Waals surface area contributed by atoms with Crippen LogP contribution in [0.4, 0.5) is 0 Å². The number of aliphatic hydroxyl groups excluding tert-OH is 1. The number of carboxylic acids is 2. The van der Waals surface area contributed by atoms with E-state index in [4.69, 9.17) is 5.11 Å². The number of thioether (sulfide) groups is 2. The monoisotopic (exact) mass is 650 g/mol. The Morgan fingerprint density at radius 1 is 1.12 bits per heavy atom. The molecule has 17 heteroatoms. The maximum absolute atomic E-state index is 12.9. The number of carbonyl (C=O) groups is 4. The van der Waals surface area contributed by atoms with Gasteiger partial charge in [-0.3, -0.25) is 19.3 Å². The maximum atomic E-state index is 12.9. The largest absolute Gasteiger partial charge is 0.480 e. The zero-order valence-electron chi connectivity index (χ0n) is 20.1. The quantitative estimate of drug-likeness (QED) is 0.183. The summed E-state index contributed by atoms with van der Waals surface area (Å²) in [6, 6.07) is 8.53. The van der Waals surface area contributed by atoms with Crippen molar-refractivity contribution in [2.24, 2.45) is 0 Å². The van der Waals surface area contributed by atoms with E-state index in [2.05, 4.69) is 31.4 Å². The third kappa shape index (κ3) is 5.24. The van der Waals surface area contributed by atoms with Crippen molar-refractivity contribution in [1.29, 1.82) is 0 Å². The van der Waals surface area contributed by atoms with Crippen molar-refractivity contribution in [2.45, 2.75) is 29.1 Å². The van der Waals surface area contributed by atoms with E-state index < -0.39 is 53.5 Å². The van der Waals surface area contributed by atoms with Crippen LogP contribution in [0.5, 0.6) is 0 Å². The van der Waals surface area contributed by atoms with Crippen molar-refractivity contribution in [2.75, 3.05) is 11.5 Å². The third-order valence-corrected chi connectivity index (χ3v) is 8.95. The third-order valence-electron chi connectivity index (χ3n) is 6.08. The van der Waals surface area contributed by atoms with Crippen LogP contribution in [-0.2, 0) is 25.7 Å². The van der Waals surface area contributed by atoms with Crippen LogP contribution in [0, 0.1) is 0 Å². The van der Waals surface area contributed by atoms with Crippen LogP contribution < -0.4 is 11.0 Å². The molecule has 208 valence electrons. The van der Waals surface area contributed by atoms with Gasteiger partial charge in [0.05, 0.1) is 0 Å². The number of hydrogen-bond acceptors (Lipinski definition) is 10. The zero-order chi connectivity index (χ0) is 28.7. The maximum Gasteiger partial charge on any atom is 0.367 e. The van der Waals surface area contributed by atoms with Crippen LogP contribution in [0.2, 0.25) is 0 Å². The molecule has 2 unspecified atom stereocenters. The van der Waals surface area contributed by atoms with Gasteiger partial charge < -0.3 is 20.6 Å². The number of β-lactam (4-membered cyclic amide) rings is 1. The summed E-state index contributed by atoms with van der Waals surface area (Å²) in [5, 5.41) is 39.5. The molecule has 3 atom stereocenters. The van der Waals surface area contributed by atoms with Crippen LogP contribution in [0.15, 0.2) is 62.0 Å². The smallest absolute Gasteiger partial charge is 0.367 e. The molecule has 2 aromatic heterocycles. The first kappa shape index (κ1) is 27.9. The first-order valence-corrected chi connectivity index (χ1v) is 14.3. The second-order valence-corrected chi connectivity index (χ2v) is 11.7. The molecular formula is C23H19BrN6O8S2. The van der Waals surface area contributed by atoms with E-state index in [0.29, 0.717) is 16.2 Å². The molecule has 0 saturated carbocycles. The number of aromatic nitrogens is 4. The zero-order valence-corrected chi connectivity index (χ0v) is 23.3. The number of carboxylic acid groups (broad SMARTS) is 2. The molecule has 4 heterocycles. The molecule has 4 N–H and O–H groups in total. The first-order valence-electron chi connectivity index (χ1n) is 11.5. The van der Waals surface area contributed by atoms with E-state index in [1.54, 1.807) is 30.3 Å². The first-order chi connectivity index (χ1) is 19.0.